The summed E-state index contributed by atoms with van der Waals surface area (Å²) in [6, 6.07) is 11.5. The lowest BCUT2D eigenvalue weighted by atomic mass is 10.1. The van der Waals surface area contributed by atoms with Crippen molar-refractivity contribution in [3.05, 3.63) is 53.6 Å². The summed E-state index contributed by atoms with van der Waals surface area (Å²) in [7, 11) is 0. The summed E-state index contributed by atoms with van der Waals surface area (Å²) >= 11 is 0. The number of aryl methyl sites for hydroxylation is 1. The van der Waals surface area contributed by atoms with Crippen LogP contribution in [0.5, 0.6) is 5.75 Å². The van der Waals surface area contributed by atoms with Gasteiger partial charge >= 0.3 is 0 Å². The molecule has 0 heterocycles. The molecule has 5 nitrogen and oxygen atoms in total. The monoisotopic (exact) mass is 284 g/mol. The van der Waals surface area contributed by atoms with Gasteiger partial charge in [-0.3, -0.25) is 9.59 Å². The predicted octanol–water partition coefficient (Wildman–Crippen LogP) is 2.91. The number of hydrogen-bond donors (Lipinski definition) is 3. The van der Waals surface area contributed by atoms with Gasteiger partial charge in [0.2, 0.25) is 5.91 Å². The molecule has 2 aromatic carbocycles. The van der Waals surface area contributed by atoms with Crippen LogP contribution < -0.4 is 10.6 Å². The number of nitrogens with one attached hydrogen (secondary N) is 2. The molecule has 0 radical (unpaired) electrons. The van der Waals surface area contributed by atoms with Crippen molar-refractivity contribution in [3.63, 3.8) is 0 Å². The smallest absolute Gasteiger partial charge is 0.255 e. The Hall–Kier alpha value is -2.82. The van der Waals surface area contributed by atoms with Gasteiger partial charge in [0.05, 0.1) is 0 Å². The third-order valence-corrected chi connectivity index (χ3v) is 2.90. The second kappa shape index (κ2) is 6.09. The fourth-order valence-electron chi connectivity index (χ4n) is 1.98. The second-order valence-corrected chi connectivity index (χ2v) is 4.72. The Labute approximate surface area is 122 Å². The SMILES string of the molecule is CC(=O)Nc1cccc(NC(=O)c2ccc(O)cc2C)c1. The first kappa shape index (κ1) is 14.6. The average Bonchev–Trinajstić information content (AvgIpc) is 2.37. The minimum Gasteiger partial charge on any atom is -0.508 e. The van der Waals surface area contributed by atoms with Gasteiger partial charge in [-0.25, -0.2) is 0 Å². The Morgan fingerprint density at radius 2 is 1.67 bits per heavy atom. The van der Waals surface area contributed by atoms with Crippen molar-refractivity contribution in [3.8, 4) is 5.75 Å². The lowest BCUT2D eigenvalue weighted by Gasteiger charge is -2.09. The number of anilines is 2. The molecule has 2 rings (SSSR count). The molecule has 5 heteroatoms. The van der Waals surface area contributed by atoms with Crippen LogP contribution in [-0.2, 0) is 4.79 Å². The Balaban J connectivity index is 2.17. The molecule has 108 valence electrons. The van der Waals surface area contributed by atoms with E-state index in [9.17, 15) is 14.7 Å². The maximum absolute atomic E-state index is 12.2. The lowest BCUT2D eigenvalue weighted by molar-refractivity contribution is -0.114. The van der Waals surface area contributed by atoms with Crippen LogP contribution in [-0.4, -0.2) is 16.9 Å². The van der Waals surface area contributed by atoms with E-state index in [0.29, 0.717) is 22.5 Å². The van der Waals surface area contributed by atoms with Gasteiger partial charge in [0.25, 0.3) is 5.91 Å². The topological polar surface area (TPSA) is 78.4 Å². The molecule has 2 amide bonds. The van der Waals surface area contributed by atoms with E-state index in [1.54, 1.807) is 37.3 Å². The summed E-state index contributed by atoms with van der Waals surface area (Å²) in [5, 5.41) is 14.8. The molecule has 0 aromatic heterocycles. The number of amides is 2. The van der Waals surface area contributed by atoms with Crippen molar-refractivity contribution in [2.24, 2.45) is 0 Å². The number of hydrogen-bond acceptors (Lipinski definition) is 3. The maximum Gasteiger partial charge on any atom is 0.255 e. The van der Waals surface area contributed by atoms with Gasteiger partial charge in [-0.1, -0.05) is 6.07 Å². The Morgan fingerprint density at radius 3 is 2.29 bits per heavy atom. The van der Waals surface area contributed by atoms with Crippen LogP contribution in [0.1, 0.15) is 22.8 Å². The largest absolute Gasteiger partial charge is 0.508 e. The van der Waals surface area contributed by atoms with Crippen molar-refractivity contribution >= 4 is 23.2 Å². The summed E-state index contributed by atoms with van der Waals surface area (Å²) in [6.45, 7) is 3.17. The molecule has 2 aromatic rings. The fraction of sp³-hybridized carbons (Fsp3) is 0.125. The van der Waals surface area contributed by atoms with Gasteiger partial charge in [-0.15, -0.1) is 0 Å². The average molecular weight is 284 g/mol. The number of carbonyl (C=O) groups is 2. The third-order valence-electron chi connectivity index (χ3n) is 2.90. The molecule has 0 aliphatic carbocycles. The highest BCUT2D eigenvalue weighted by Gasteiger charge is 2.10. The van der Waals surface area contributed by atoms with E-state index < -0.39 is 0 Å². The molecule has 0 fully saturated rings. The van der Waals surface area contributed by atoms with Crippen LogP contribution in [0.4, 0.5) is 11.4 Å². The van der Waals surface area contributed by atoms with Gasteiger partial charge < -0.3 is 15.7 Å². The molecular weight excluding hydrogens is 268 g/mol. The summed E-state index contributed by atoms with van der Waals surface area (Å²) in [4.78, 5) is 23.2. The van der Waals surface area contributed by atoms with E-state index in [1.165, 1.54) is 19.1 Å². The lowest BCUT2D eigenvalue weighted by Crippen LogP contribution is -2.13. The first-order chi connectivity index (χ1) is 9.95. The number of rotatable bonds is 3. The highest BCUT2D eigenvalue weighted by atomic mass is 16.3. The van der Waals surface area contributed by atoms with E-state index in [2.05, 4.69) is 10.6 Å². The summed E-state index contributed by atoms with van der Waals surface area (Å²) < 4.78 is 0. The van der Waals surface area contributed by atoms with Gasteiger partial charge in [0.1, 0.15) is 5.75 Å². The highest BCUT2D eigenvalue weighted by Crippen LogP contribution is 2.19. The Kier molecular flexibility index (Phi) is 4.23. The van der Waals surface area contributed by atoms with Gasteiger partial charge in [0, 0.05) is 23.9 Å². The van der Waals surface area contributed by atoms with E-state index in [0.717, 1.165) is 0 Å². The first-order valence-corrected chi connectivity index (χ1v) is 6.44. The zero-order valence-corrected chi connectivity index (χ0v) is 11.8. The van der Waals surface area contributed by atoms with Gasteiger partial charge in [-0.05, 0) is 48.9 Å². The van der Waals surface area contributed by atoms with E-state index in [1.807, 2.05) is 0 Å². The molecule has 0 unspecified atom stereocenters. The third kappa shape index (κ3) is 3.82. The van der Waals surface area contributed by atoms with Gasteiger partial charge in [0.15, 0.2) is 0 Å². The minimum atomic E-state index is -0.271. The number of benzene rings is 2. The van der Waals surface area contributed by atoms with Crippen molar-refractivity contribution < 1.29 is 14.7 Å². The minimum absolute atomic E-state index is 0.122. The van der Waals surface area contributed by atoms with Crippen molar-refractivity contribution in [2.75, 3.05) is 10.6 Å². The maximum atomic E-state index is 12.2. The number of phenols is 1. The molecule has 0 saturated heterocycles. The Morgan fingerprint density at radius 1 is 1.00 bits per heavy atom. The predicted molar refractivity (Wildman–Crippen MR) is 81.5 cm³/mol. The van der Waals surface area contributed by atoms with Crippen LogP contribution in [0.3, 0.4) is 0 Å². The van der Waals surface area contributed by atoms with Crippen molar-refractivity contribution in [2.45, 2.75) is 13.8 Å². The fourth-order valence-corrected chi connectivity index (χ4v) is 1.98. The summed E-state index contributed by atoms with van der Waals surface area (Å²) in [5.41, 5.74) is 2.37. The molecule has 0 atom stereocenters. The van der Waals surface area contributed by atoms with Crippen LogP contribution >= 0.6 is 0 Å². The zero-order valence-electron chi connectivity index (χ0n) is 11.8. The normalized spacial score (nSPS) is 10.0. The van der Waals surface area contributed by atoms with Crippen LogP contribution in [0.25, 0.3) is 0 Å². The quantitative estimate of drug-likeness (QED) is 0.811. The van der Waals surface area contributed by atoms with Crippen LogP contribution in [0.15, 0.2) is 42.5 Å². The molecule has 21 heavy (non-hydrogen) atoms. The molecule has 0 bridgehead atoms. The molecule has 0 aliphatic rings. The first-order valence-electron chi connectivity index (χ1n) is 6.44. The summed E-state index contributed by atoms with van der Waals surface area (Å²) in [5.74, 6) is -0.322. The van der Waals surface area contributed by atoms with Crippen LogP contribution in [0, 0.1) is 6.92 Å². The van der Waals surface area contributed by atoms with Gasteiger partial charge in [-0.2, -0.15) is 0 Å². The number of aromatic hydroxyl groups is 1. The van der Waals surface area contributed by atoms with E-state index in [-0.39, 0.29) is 17.6 Å². The van der Waals surface area contributed by atoms with Crippen LogP contribution in [0.2, 0.25) is 0 Å². The molecule has 0 aliphatic heterocycles. The number of phenolic OH excluding ortho intramolecular Hbond substituents is 1. The molecule has 0 spiro atoms. The summed E-state index contributed by atoms with van der Waals surface area (Å²) in [6.07, 6.45) is 0. The molecular formula is C16H16N2O3. The Bertz CT molecular complexity index is 696. The zero-order chi connectivity index (χ0) is 15.4. The second-order valence-electron chi connectivity index (χ2n) is 4.72. The van der Waals surface area contributed by atoms with E-state index >= 15 is 0 Å². The molecule has 3 N–H and O–H groups in total. The van der Waals surface area contributed by atoms with Crippen molar-refractivity contribution in [1.82, 2.24) is 0 Å². The number of carbonyl (C=O) groups excluding carboxylic acids is 2. The van der Waals surface area contributed by atoms with Crippen molar-refractivity contribution in [1.29, 1.82) is 0 Å². The van der Waals surface area contributed by atoms with E-state index in [4.69, 9.17) is 0 Å². The molecule has 0 saturated carbocycles. The highest BCUT2D eigenvalue weighted by molar-refractivity contribution is 6.05. The standard InChI is InChI=1S/C16H16N2O3/c1-10-8-14(20)6-7-15(10)16(21)18-13-5-3-4-12(9-13)17-11(2)19/h3-9,20H,1-2H3,(H,17,19)(H,18,21).